The van der Waals surface area contributed by atoms with E-state index in [1.807, 2.05) is 0 Å². The van der Waals surface area contributed by atoms with Crippen molar-refractivity contribution in [3.05, 3.63) is 40.8 Å². The van der Waals surface area contributed by atoms with Gasteiger partial charge in [0.1, 0.15) is 11.5 Å². The van der Waals surface area contributed by atoms with Crippen molar-refractivity contribution < 1.29 is 9.47 Å². The molecule has 0 aliphatic carbocycles. The molecule has 0 saturated heterocycles. The van der Waals surface area contributed by atoms with Gasteiger partial charge >= 0.3 is 0 Å². The second kappa shape index (κ2) is 5.90. The van der Waals surface area contributed by atoms with Gasteiger partial charge in [-0.05, 0) is 30.8 Å². The van der Waals surface area contributed by atoms with E-state index in [2.05, 4.69) is 41.7 Å². The lowest BCUT2D eigenvalue weighted by molar-refractivity contribution is 0.158. The molecule has 0 amide bonds. The van der Waals surface area contributed by atoms with Crippen molar-refractivity contribution in [2.75, 3.05) is 26.8 Å². The number of hydrogen-bond donors (Lipinski definition) is 0. The predicted octanol–water partition coefficient (Wildman–Crippen LogP) is 2.95. The molecule has 0 bridgehead atoms. The van der Waals surface area contributed by atoms with Gasteiger partial charge in [-0.25, -0.2) is 0 Å². The molecule has 1 atom stereocenters. The molecule has 0 spiro atoms. The van der Waals surface area contributed by atoms with Crippen LogP contribution in [0.15, 0.2) is 34.6 Å². The van der Waals surface area contributed by atoms with Gasteiger partial charge in [-0.1, -0.05) is 12.1 Å². The van der Waals surface area contributed by atoms with Gasteiger partial charge in [-0.3, -0.25) is 9.89 Å². The molecule has 2 heterocycles. The topological polar surface area (TPSA) is 34.1 Å². The fraction of sp³-hybridized carbons (Fsp3) is 0.471. The lowest BCUT2D eigenvalue weighted by Gasteiger charge is -2.33. The minimum atomic E-state index is 0.330. The van der Waals surface area contributed by atoms with Crippen molar-refractivity contribution in [1.82, 2.24) is 4.90 Å². The summed E-state index contributed by atoms with van der Waals surface area (Å²) in [6.07, 6.45) is 1.91. The average molecular weight is 286 g/mol. The standard InChI is InChI=1S/C17H22N2O2/c1-12(14-5-4-13-7-9-21-16(13)10-14)19-8-6-15(18-2)17(11-19)20-3/h4-5,10,12H,2,6-9,11H2,1,3H3. The third-order valence-electron chi connectivity index (χ3n) is 4.49. The Kier molecular flexibility index (Phi) is 3.97. The number of rotatable bonds is 4. The fourth-order valence-corrected chi connectivity index (χ4v) is 3.08. The summed E-state index contributed by atoms with van der Waals surface area (Å²) in [6.45, 7) is 8.42. The Balaban J connectivity index is 1.78. The molecule has 1 aromatic carbocycles. The Morgan fingerprint density at radius 2 is 2.24 bits per heavy atom. The Hall–Kier alpha value is -1.81. The molecule has 112 valence electrons. The van der Waals surface area contributed by atoms with Crippen LogP contribution < -0.4 is 4.74 Å². The van der Waals surface area contributed by atoms with Crippen molar-refractivity contribution in [2.45, 2.75) is 25.8 Å². The predicted molar refractivity (Wildman–Crippen MR) is 83.8 cm³/mol. The first-order valence-electron chi connectivity index (χ1n) is 7.45. The van der Waals surface area contributed by atoms with E-state index in [-0.39, 0.29) is 0 Å². The molecule has 0 radical (unpaired) electrons. The van der Waals surface area contributed by atoms with Crippen LogP contribution in [0.1, 0.15) is 30.5 Å². The Morgan fingerprint density at radius 1 is 1.38 bits per heavy atom. The van der Waals surface area contributed by atoms with Crippen LogP contribution in [0, 0.1) is 0 Å². The molecule has 1 unspecified atom stereocenters. The maximum Gasteiger partial charge on any atom is 0.131 e. The minimum absolute atomic E-state index is 0.330. The van der Waals surface area contributed by atoms with Gasteiger partial charge in [0.05, 0.1) is 26.0 Å². The molecular weight excluding hydrogens is 264 g/mol. The van der Waals surface area contributed by atoms with Crippen LogP contribution in [-0.4, -0.2) is 38.4 Å². The first-order valence-corrected chi connectivity index (χ1v) is 7.45. The quantitative estimate of drug-likeness (QED) is 0.798. The van der Waals surface area contributed by atoms with Crippen molar-refractivity contribution in [3.63, 3.8) is 0 Å². The van der Waals surface area contributed by atoms with Gasteiger partial charge in [0.25, 0.3) is 0 Å². The summed E-state index contributed by atoms with van der Waals surface area (Å²) < 4.78 is 11.1. The third kappa shape index (κ3) is 2.68. The molecule has 1 aromatic rings. The summed E-state index contributed by atoms with van der Waals surface area (Å²) in [5, 5.41) is 0. The smallest absolute Gasteiger partial charge is 0.131 e. The molecule has 3 rings (SSSR count). The molecule has 2 aliphatic rings. The Bertz CT molecular complexity index is 580. The summed E-state index contributed by atoms with van der Waals surface area (Å²) in [7, 11) is 1.71. The maximum absolute atomic E-state index is 5.68. The fourth-order valence-electron chi connectivity index (χ4n) is 3.08. The highest BCUT2D eigenvalue weighted by Crippen LogP contribution is 2.32. The molecule has 4 nitrogen and oxygen atoms in total. The summed E-state index contributed by atoms with van der Waals surface area (Å²) >= 11 is 0. The van der Waals surface area contributed by atoms with Crippen LogP contribution in [0.25, 0.3) is 0 Å². The van der Waals surface area contributed by atoms with Crippen LogP contribution in [0.2, 0.25) is 0 Å². The van der Waals surface area contributed by atoms with E-state index < -0.39 is 0 Å². The normalized spacial score (nSPS) is 19.9. The SMILES string of the molecule is C=NC1=C(OC)CN(C(C)c2ccc3c(c2)OCC3)CC1. The number of aliphatic imine (C=N–C) groups is 1. The summed E-state index contributed by atoms with van der Waals surface area (Å²) in [4.78, 5) is 6.48. The number of hydrogen-bond acceptors (Lipinski definition) is 4. The van der Waals surface area contributed by atoms with E-state index in [1.54, 1.807) is 7.11 Å². The molecule has 0 fully saturated rings. The van der Waals surface area contributed by atoms with Crippen LogP contribution in [0.3, 0.4) is 0 Å². The Labute approximate surface area is 126 Å². The van der Waals surface area contributed by atoms with Crippen molar-refractivity contribution >= 4 is 6.72 Å². The van der Waals surface area contributed by atoms with E-state index >= 15 is 0 Å². The van der Waals surface area contributed by atoms with Crippen LogP contribution in [-0.2, 0) is 11.2 Å². The van der Waals surface area contributed by atoms with Gasteiger partial charge in [0.15, 0.2) is 0 Å². The second-order valence-corrected chi connectivity index (χ2v) is 5.59. The molecule has 0 saturated carbocycles. The number of methoxy groups -OCH3 is 1. The lowest BCUT2D eigenvalue weighted by atomic mass is 10.0. The van der Waals surface area contributed by atoms with Crippen molar-refractivity contribution in [1.29, 1.82) is 0 Å². The van der Waals surface area contributed by atoms with E-state index in [0.29, 0.717) is 6.04 Å². The van der Waals surface area contributed by atoms with Crippen LogP contribution >= 0.6 is 0 Å². The summed E-state index contributed by atoms with van der Waals surface area (Å²) in [6, 6.07) is 6.93. The second-order valence-electron chi connectivity index (χ2n) is 5.59. The van der Waals surface area contributed by atoms with Gasteiger partial charge in [0, 0.05) is 25.4 Å². The molecule has 4 heteroatoms. The van der Waals surface area contributed by atoms with Gasteiger partial charge in [-0.2, -0.15) is 0 Å². The van der Waals surface area contributed by atoms with Crippen LogP contribution in [0.4, 0.5) is 0 Å². The van der Waals surface area contributed by atoms with E-state index in [1.165, 1.54) is 11.1 Å². The van der Waals surface area contributed by atoms with Gasteiger partial charge in [0.2, 0.25) is 0 Å². The first-order chi connectivity index (χ1) is 10.2. The summed E-state index contributed by atoms with van der Waals surface area (Å²) in [5.74, 6) is 1.98. The van der Waals surface area contributed by atoms with E-state index in [0.717, 1.165) is 49.7 Å². The first kappa shape index (κ1) is 14.1. The van der Waals surface area contributed by atoms with E-state index in [9.17, 15) is 0 Å². The molecule has 0 aromatic heterocycles. The zero-order valence-corrected chi connectivity index (χ0v) is 12.8. The zero-order valence-electron chi connectivity index (χ0n) is 12.8. The van der Waals surface area contributed by atoms with Crippen molar-refractivity contribution in [3.8, 4) is 5.75 Å². The highest BCUT2D eigenvalue weighted by Gasteiger charge is 2.25. The summed E-state index contributed by atoms with van der Waals surface area (Å²) in [5.41, 5.74) is 3.60. The number of nitrogens with zero attached hydrogens (tertiary/aromatic N) is 2. The molecule has 21 heavy (non-hydrogen) atoms. The minimum Gasteiger partial charge on any atom is -0.498 e. The lowest BCUT2D eigenvalue weighted by Crippen LogP contribution is -2.34. The zero-order chi connectivity index (χ0) is 14.8. The number of ether oxygens (including phenoxy) is 2. The van der Waals surface area contributed by atoms with Crippen molar-refractivity contribution in [2.24, 2.45) is 4.99 Å². The monoisotopic (exact) mass is 286 g/mol. The third-order valence-corrected chi connectivity index (χ3v) is 4.49. The molecule has 2 aliphatic heterocycles. The van der Waals surface area contributed by atoms with E-state index in [4.69, 9.17) is 9.47 Å². The molecule has 0 N–H and O–H groups in total. The largest absolute Gasteiger partial charge is 0.498 e. The highest BCUT2D eigenvalue weighted by atomic mass is 16.5. The molecular formula is C17H22N2O2. The Morgan fingerprint density at radius 3 is 3.00 bits per heavy atom. The number of benzene rings is 1. The average Bonchev–Trinajstić information content (AvgIpc) is 3.00. The van der Waals surface area contributed by atoms with Gasteiger partial charge < -0.3 is 9.47 Å². The maximum atomic E-state index is 5.68. The van der Waals surface area contributed by atoms with Gasteiger partial charge in [-0.15, -0.1) is 0 Å². The highest BCUT2D eigenvalue weighted by molar-refractivity contribution is 5.41. The van der Waals surface area contributed by atoms with Crippen LogP contribution in [0.5, 0.6) is 5.75 Å². The number of fused-ring (bicyclic) bond motifs is 1.